The van der Waals surface area contributed by atoms with Gasteiger partial charge in [-0.3, -0.25) is 24.0 Å². The Hall–Kier alpha value is -8.60. The predicted octanol–water partition coefficient (Wildman–Crippen LogP) is 1.91. The molecular formula is C98H147N15O34. The maximum absolute atomic E-state index is 14.5. The maximum atomic E-state index is 14.5. The number of aromatic nitrogens is 9. The first-order chi connectivity index (χ1) is 71.1. The van der Waals surface area contributed by atoms with Crippen molar-refractivity contribution in [3.8, 4) is 11.1 Å². The van der Waals surface area contributed by atoms with Crippen molar-refractivity contribution in [3.63, 3.8) is 0 Å². The lowest BCUT2D eigenvalue weighted by atomic mass is 9.88. The van der Waals surface area contributed by atoms with Gasteiger partial charge in [-0.15, -0.1) is 15.3 Å². The van der Waals surface area contributed by atoms with Crippen LogP contribution in [-0.4, -0.2) is 411 Å². The number of hydrogen-bond donors (Lipinski definition) is 6. The zero-order chi connectivity index (χ0) is 103. The number of carbonyl (C=O) groups excluding carboxylic acids is 6. The summed E-state index contributed by atoms with van der Waals surface area (Å²) in [6, 6.07) is 13.7. The number of amides is 6. The molecule has 9 saturated heterocycles. The fraction of sp³-hybridized carbons (Fsp3) is 0.755. The van der Waals surface area contributed by atoms with Crippen LogP contribution in [0.2, 0.25) is 0 Å². The molecule has 818 valence electrons. The summed E-state index contributed by atoms with van der Waals surface area (Å²) in [5.74, 6) is -4.15. The minimum Gasteiger partial charge on any atom is -0.449 e. The number of unbranched alkanes of at least 4 members (excludes halogenated alkanes) is 2. The molecule has 9 fully saturated rings. The first-order valence-corrected chi connectivity index (χ1v) is 50.9. The van der Waals surface area contributed by atoms with Crippen molar-refractivity contribution in [2.75, 3.05) is 211 Å². The Kier molecular flexibility index (Phi) is 41.4. The number of fused-ring (bicyclic) bond motifs is 15. The molecule has 0 spiro atoms. The molecule has 0 radical (unpaired) electrons. The van der Waals surface area contributed by atoms with Gasteiger partial charge in [0.15, 0.2) is 36.2 Å². The molecule has 15 rings (SSSR count). The fourth-order valence-electron chi connectivity index (χ4n) is 19.4. The third-order valence-electron chi connectivity index (χ3n) is 26.1. The normalized spacial score (nSPS) is 26.2. The van der Waals surface area contributed by atoms with Crippen LogP contribution in [0.5, 0.6) is 0 Å². The topological polar surface area (TPSA) is 525 Å². The second-order valence-corrected chi connectivity index (χ2v) is 39.3. The van der Waals surface area contributed by atoms with Crippen LogP contribution in [0.25, 0.3) is 11.1 Å². The lowest BCUT2D eigenvalue weighted by Crippen LogP contribution is -2.65. The third-order valence-corrected chi connectivity index (χ3v) is 26.1. The molecule has 1 unspecified atom stereocenters. The molecule has 6 N–H and O–H groups in total. The van der Waals surface area contributed by atoms with Gasteiger partial charge in [-0.2, -0.15) is 0 Å². The standard InChI is InChI=1S/C98H147N15O34/c1-11-76(103-91(119)135-55-75-73-21-16-14-19-71(73)72-20-15-17-22-74(72)75)87(118)99-24-18-12-13-23-77(117)104-95(56-132-52-68-49-111(108-105-68)25-28-120-31-34-123-37-40-126-43-46-129-59-96-62-136-88(145-96)78(100-65(2)114)81-84(96)142-92(5,6)139-81,57-133-53-69-50-112(109-106-69)26-29-121-32-35-124-38-41-127-44-47-130-60-97-63-137-89(146-97)79(101-66(3)115)82-85(97)143-93(7,8)140-82)58-134-54-70-51-113(110-107-70)27-30-122-33-36-125-39-42-128-45-48-131-61-98-64-138-90(147-98)80(102-67(4)116)83-86(98)144-94(9,10)141-83/h14-17,19-22,49-51,75-76,78-86,88-90H,11-13,18,23-48,52-64H2,1-10H3,(H,99,118)(H,100,114)(H,101,115)(H,102,116)(H,103,119)(H,104,117)/t76-,78+,79+,80+,81+,82+,83+,84+,85+,86+,88-,89-,90?,96-,97-,98-/m0/s1. The quantitative estimate of drug-likeness (QED) is 0.0303. The highest BCUT2D eigenvalue weighted by Crippen LogP contribution is 2.51. The number of nitrogens with zero attached hydrogens (tertiary/aromatic N) is 9. The van der Waals surface area contributed by atoms with Crippen LogP contribution < -0.4 is 31.9 Å². The summed E-state index contributed by atoms with van der Waals surface area (Å²) >= 11 is 0. The van der Waals surface area contributed by atoms with E-state index in [0.29, 0.717) is 188 Å². The van der Waals surface area contributed by atoms with Crippen LogP contribution in [0.1, 0.15) is 135 Å². The van der Waals surface area contributed by atoms with Gasteiger partial charge < -0.3 is 165 Å². The first-order valence-electron chi connectivity index (χ1n) is 50.9. The number of alkyl carbamates (subject to hydrolysis) is 1. The van der Waals surface area contributed by atoms with E-state index < -0.39 is 125 Å². The molecule has 1 aliphatic carbocycles. The van der Waals surface area contributed by atoms with Gasteiger partial charge in [-0.05, 0) is 83.1 Å². The summed E-state index contributed by atoms with van der Waals surface area (Å²) in [7, 11) is 0. The molecule has 9 aliphatic heterocycles. The molecule has 6 amide bonds. The van der Waals surface area contributed by atoms with Gasteiger partial charge in [0.2, 0.25) is 29.5 Å². The molecule has 3 aromatic heterocycles. The smallest absolute Gasteiger partial charge is 0.407 e. The van der Waals surface area contributed by atoms with Crippen molar-refractivity contribution >= 4 is 35.6 Å². The van der Waals surface area contributed by atoms with Crippen LogP contribution in [0.3, 0.4) is 0 Å². The van der Waals surface area contributed by atoms with E-state index in [9.17, 15) is 28.8 Å². The summed E-state index contributed by atoms with van der Waals surface area (Å²) < 4.78 is 175. The van der Waals surface area contributed by atoms with E-state index in [1.807, 2.05) is 84.9 Å². The number of rotatable bonds is 69. The van der Waals surface area contributed by atoms with E-state index in [-0.39, 0.29) is 148 Å². The summed E-state index contributed by atoms with van der Waals surface area (Å²) in [6.07, 6.45) is 1.39. The van der Waals surface area contributed by atoms with Crippen molar-refractivity contribution in [2.24, 2.45) is 0 Å². The average Bonchev–Trinajstić information content (AvgIpc) is 1.57. The van der Waals surface area contributed by atoms with E-state index in [1.165, 1.54) is 20.8 Å². The molecule has 10 aliphatic rings. The van der Waals surface area contributed by atoms with Crippen LogP contribution in [0.4, 0.5) is 4.79 Å². The molecule has 147 heavy (non-hydrogen) atoms. The molecular weight excluding hydrogens is 1930 g/mol. The van der Waals surface area contributed by atoms with E-state index >= 15 is 0 Å². The molecule has 49 nitrogen and oxygen atoms in total. The van der Waals surface area contributed by atoms with Gasteiger partial charge in [0.25, 0.3) is 0 Å². The van der Waals surface area contributed by atoms with Crippen LogP contribution >= 0.6 is 0 Å². The highest BCUT2D eigenvalue weighted by Gasteiger charge is 2.69. The molecule has 0 saturated carbocycles. The zero-order valence-corrected chi connectivity index (χ0v) is 85.7. The summed E-state index contributed by atoms with van der Waals surface area (Å²) in [5, 5.41) is 43.8. The summed E-state index contributed by atoms with van der Waals surface area (Å²) in [5.41, 5.74) is 1.78. The van der Waals surface area contributed by atoms with E-state index in [4.69, 9.17) is 133 Å². The van der Waals surface area contributed by atoms with Gasteiger partial charge in [0.1, 0.15) is 107 Å². The van der Waals surface area contributed by atoms with Crippen LogP contribution in [0.15, 0.2) is 67.1 Å². The number of carbonyl (C=O) groups is 6. The van der Waals surface area contributed by atoms with Gasteiger partial charge in [0.05, 0.1) is 256 Å². The van der Waals surface area contributed by atoms with Crippen molar-refractivity contribution in [1.29, 1.82) is 0 Å². The Labute approximate surface area is 854 Å². The Morgan fingerprint density at radius 2 is 0.748 bits per heavy atom. The molecule has 2 aromatic carbocycles. The first kappa shape index (κ1) is 112. The van der Waals surface area contributed by atoms with Crippen molar-refractivity contribution in [2.45, 2.75) is 266 Å². The Bertz CT molecular complexity index is 4570. The second-order valence-electron chi connectivity index (χ2n) is 39.3. The van der Waals surface area contributed by atoms with Gasteiger partial charge in [-0.25, -0.2) is 18.8 Å². The van der Waals surface area contributed by atoms with Crippen LogP contribution in [-0.2, 0) is 196 Å². The number of hydrogen-bond acceptors (Lipinski definition) is 40. The highest BCUT2D eigenvalue weighted by atomic mass is 16.8. The highest BCUT2D eigenvalue weighted by molar-refractivity contribution is 5.86. The molecule has 16 atom stereocenters. The molecule has 6 bridgehead atoms. The minimum atomic E-state index is -1.35. The Morgan fingerprint density at radius 3 is 1.09 bits per heavy atom. The lowest BCUT2D eigenvalue weighted by molar-refractivity contribution is -0.214. The summed E-state index contributed by atoms with van der Waals surface area (Å²) in [4.78, 5) is 77.5. The van der Waals surface area contributed by atoms with Crippen molar-refractivity contribution < 1.29 is 161 Å². The van der Waals surface area contributed by atoms with Crippen molar-refractivity contribution in [1.82, 2.24) is 76.9 Å². The second kappa shape index (κ2) is 54.1. The molecule has 12 heterocycles. The van der Waals surface area contributed by atoms with E-state index in [1.54, 1.807) is 32.6 Å². The average molecular weight is 2080 g/mol. The van der Waals surface area contributed by atoms with Gasteiger partial charge in [0, 0.05) is 39.7 Å². The number of benzene rings is 2. The zero-order valence-electron chi connectivity index (χ0n) is 85.7. The van der Waals surface area contributed by atoms with E-state index in [0.717, 1.165) is 22.3 Å². The van der Waals surface area contributed by atoms with E-state index in [2.05, 4.69) is 75.0 Å². The predicted molar refractivity (Wildman–Crippen MR) is 508 cm³/mol. The van der Waals surface area contributed by atoms with Crippen molar-refractivity contribution in [3.05, 3.63) is 95.3 Å². The van der Waals surface area contributed by atoms with Gasteiger partial charge in [-0.1, -0.05) is 77.5 Å². The lowest BCUT2D eigenvalue weighted by Gasteiger charge is -2.42. The van der Waals surface area contributed by atoms with Gasteiger partial charge >= 0.3 is 6.09 Å². The third kappa shape index (κ3) is 31.6. The van der Waals surface area contributed by atoms with Crippen LogP contribution in [0, 0.1) is 0 Å². The minimum absolute atomic E-state index is 0.0235. The fourth-order valence-corrected chi connectivity index (χ4v) is 19.4. The molecule has 5 aromatic rings. The SMILES string of the molecule is CC[C@H](NC(=O)OCC1c2ccccc2-c2ccccc21)C(=O)NCCCCCC(=O)NC(COCc1cn(CCOCCOCCOCCOC[C@@]23CO[C@@H](O2)[C@H](NC(C)=O)[C@H]2OC(C)(C)O[C@H]23)nn1)(COCc1cn(CCOCCOCCOCCOC[C@@]23CO[C@@H](O2)[C@H](NC(C)=O)[C@H]2OC(C)(C)O[C@H]23)nn1)COCc1cn(CCOCCOCCOCCOC[C@@]23COC(O2)[C@H](NC(C)=O)[C@H]2OC(C)(C)O[C@H]23)nn1. The monoisotopic (exact) mass is 2080 g/mol. The Balaban J connectivity index is 0.502. The Morgan fingerprint density at radius 1 is 0.415 bits per heavy atom. The number of ether oxygens (including phenoxy) is 28. The number of nitrogens with one attached hydrogen (secondary N) is 6. The largest absolute Gasteiger partial charge is 0.449 e. The molecule has 49 heteroatoms. The maximum Gasteiger partial charge on any atom is 0.407 e. The summed E-state index contributed by atoms with van der Waals surface area (Å²) in [6.45, 7) is 25.9.